The van der Waals surface area contributed by atoms with Crippen LogP contribution in [0.4, 0.5) is 0 Å². The Labute approximate surface area is 70.4 Å². The van der Waals surface area contributed by atoms with E-state index < -0.39 is 5.91 Å². The molecule has 1 heterocycles. The van der Waals surface area contributed by atoms with E-state index in [-0.39, 0.29) is 5.69 Å². The highest BCUT2D eigenvalue weighted by Gasteiger charge is 2.00. The topological polar surface area (TPSA) is 65.2 Å². The number of carbonyl (C=O) groups excluding carboxylic acids is 1. The summed E-state index contributed by atoms with van der Waals surface area (Å²) in [5.74, 6) is -0.515. The van der Waals surface area contributed by atoms with E-state index in [2.05, 4.69) is 4.98 Å². The lowest BCUT2D eigenvalue weighted by molar-refractivity contribution is 0.0995. The van der Waals surface area contributed by atoms with Gasteiger partial charge in [0.25, 0.3) is 5.91 Å². The SMILES string of the molecule is COCc1ccc(C(N)=O)nc1. The van der Waals surface area contributed by atoms with Crippen molar-refractivity contribution in [3.63, 3.8) is 0 Å². The van der Waals surface area contributed by atoms with Gasteiger partial charge in [-0.1, -0.05) is 6.07 Å². The highest BCUT2D eigenvalue weighted by atomic mass is 16.5. The number of nitrogens with two attached hydrogens (primary N) is 1. The largest absolute Gasteiger partial charge is 0.380 e. The second-order valence-corrected chi connectivity index (χ2v) is 2.35. The Bertz CT molecular complexity index is 269. The van der Waals surface area contributed by atoms with E-state index in [1.807, 2.05) is 0 Å². The van der Waals surface area contributed by atoms with E-state index >= 15 is 0 Å². The minimum atomic E-state index is -0.515. The number of ether oxygens (including phenoxy) is 1. The first-order valence-corrected chi connectivity index (χ1v) is 3.47. The molecule has 0 aliphatic carbocycles. The molecule has 0 aliphatic rings. The molecule has 1 aromatic heterocycles. The Morgan fingerprint density at radius 2 is 2.42 bits per heavy atom. The van der Waals surface area contributed by atoms with Crippen LogP contribution in [0.5, 0.6) is 0 Å². The molecule has 0 saturated heterocycles. The third-order valence-corrected chi connectivity index (χ3v) is 1.39. The van der Waals surface area contributed by atoms with Crippen molar-refractivity contribution in [2.75, 3.05) is 7.11 Å². The molecule has 0 atom stereocenters. The molecule has 0 bridgehead atoms. The van der Waals surface area contributed by atoms with E-state index in [1.165, 1.54) is 0 Å². The molecule has 2 N–H and O–H groups in total. The standard InChI is InChI=1S/C8H10N2O2/c1-12-5-6-2-3-7(8(9)11)10-4-6/h2-4H,5H2,1H3,(H2,9,11). The van der Waals surface area contributed by atoms with Crippen LogP contribution in [0.15, 0.2) is 18.3 Å². The Morgan fingerprint density at radius 1 is 1.67 bits per heavy atom. The van der Waals surface area contributed by atoms with Crippen LogP contribution in [0.2, 0.25) is 0 Å². The fraction of sp³-hybridized carbons (Fsp3) is 0.250. The average molecular weight is 166 g/mol. The summed E-state index contributed by atoms with van der Waals surface area (Å²) in [7, 11) is 1.60. The van der Waals surface area contributed by atoms with Gasteiger partial charge in [-0.25, -0.2) is 0 Å². The van der Waals surface area contributed by atoms with Crippen molar-refractivity contribution in [3.05, 3.63) is 29.6 Å². The first kappa shape index (κ1) is 8.67. The predicted molar refractivity (Wildman–Crippen MR) is 43.5 cm³/mol. The molecule has 4 heteroatoms. The third kappa shape index (κ3) is 2.03. The van der Waals surface area contributed by atoms with Gasteiger partial charge in [0.05, 0.1) is 6.61 Å². The second kappa shape index (κ2) is 3.82. The van der Waals surface area contributed by atoms with Crippen LogP contribution in [0.3, 0.4) is 0 Å². The molecule has 12 heavy (non-hydrogen) atoms. The van der Waals surface area contributed by atoms with E-state index in [1.54, 1.807) is 25.4 Å². The Balaban J connectivity index is 2.78. The highest BCUT2D eigenvalue weighted by molar-refractivity contribution is 5.90. The number of methoxy groups -OCH3 is 1. The van der Waals surface area contributed by atoms with Crippen molar-refractivity contribution in [2.45, 2.75) is 6.61 Å². The summed E-state index contributed by atoms with van der Waals surface area (Å²) in [4.78, 5) is 14.4. The van der Waals surface area contributed by atoms with Crippen molar-refractivity contribution in [3.8, 4) is 0 Å². The van der Waals surface area contributed by atoms with Crippen LogP contribution in [0, 0.1) is 0 Å². The van der Waals surface area contributed by atoms with E-state index in [9.17, 15) is 4.79 Å². The number of rotatable bonds is 3. The van der Waals surface area contributed by atoms with Gasteiger partial charge in [-0.2, -0.15) is 0 Å². The van der Waals surface area contributed by atoms with Crippen LogP contribution >= 0.6 is 0 Å². The van der Waals surface area contributed by atoms with E-state index in [0.29, 0.717) is 6.61 Å². The quantitative estimate of drug-likeness (QED) is 0.703. The summed E-state index contributed by atoms with van der Waals surface area (Å²) in [5.41, 5.74) is 6.20. The molecule has 1 amide bonds. The van der Waals surface area contributed by atoms with Crippen LogP contribution in [0.25, 0.3) is 0 Å². The molecule has 0 aromatic carbocycles. The van der Waals surface area contributed by atoms with Gasteiger partial charge in [-0.3, -0.25) is 9.78 Å². The summed E-state index contributed by atoms with van der Waals surface area (Å²) >= 11 is 0. The zero-order valence-corrected chi connectivity index (χ0v) is 6.78. The fourth-order valence-electron chi connectivity index (χ4n) is 0.822. The molecule has 4 nitrogen and oxygen atoms in total. The lowest BCUT2D eigenvalue weighted by Crippen LogP contribution is -2.12. The van der Waals surface area contributed by atoms with Crippen LogP contribution in [0.1, 0.15) is 16.1 Å². The van der Waals surface area contributed by atoms with Crippen molar-refractivity contribution in [1.29, 1.82) is 0 Å². The smallest absolute Gasteiger partial charge is 0.267 e. The van der Waals surface area contributed by atoms with Gasteiger partial charge in [-0.05, 0) is 11.6 Å². The van der Waals surface area contributed by atoms with Crippen molar-refractivity contribution < 1.29 is 9.53 Å². The van der Waals surface area contributed by atoms with Gasteiger partial charge >= 0.3 is 0 Å². The number of hydrogen-bond donors (Lipinski definition) is 1. The first-order chi connectivity index (χ1) is 5.74. The predicted octanol–water partition coefficient (Wildman–Crippen LogP) is 0.327. The zero-order chi connectivity index (χ0) is 8.97. The van der Waals surface area contributed by atoms with Gasteiger partial charge in [0, 0.05) is 13.3 Å². The molecule has 0 unspecified atom stereocenters. The number of amides is 1. The lowest BCUT2D eigenvalue weighted by atomic mass is 10.2. The average Bonchev–Trinajstić information content (AvgIpc) is 2.06. The molecule has 0 spiro atoms. The number of hydrogen-bond acceptors (Lipinski definition) is 3. The van der Waals surface area contributed by atoms with Crippen LogP contribution in [-0.4, -0.2) is 18.0 Å². The maximum atomic E-state index is 10.6. The minimum Gasteiger partial charge on any atom is -0.380 e. The third-order valence-electron chi connectivity index (χ3n) is 1.39. The van der Waals surface area contributed by atoms with Gasteiger partial charge in [0.15, 0.2) is 0 Å². The van der Waals surface area contributed by atoms with Crippen molar-refractivity contribution in [1.82, 2.24) is 4.98 Å². The van der Waals surface area contributed by atoms with Gasteiger partial charge in [0.1, 0.15) is 5.69 Å². The Hall–Kier alpha value is -1.42. The maximum absolute atomic E-state index is 10.6. The van der Waals surface area contributed by atoms with Crippen LogP contribution < -0.4 is 5.73 Å². The first-order valence-electron chi connectivity index (χ1n) is 3.47. The highest BCUT2D eigenvalue weighted by Crippen LogP contribution is 2.00. The van der Waals surface area contributed by atoms with E-state index in [4.69, 9.17) is 10.5 Å². The summed E-state index contributed by atoms with van der Waals surface area (Å²) in [6, 6.07) is 3.34. The monoisotopic (exact) mass is 166 g/mol. The Morgan fingerprint density at radius 3 is 2.83 bits per heavy atom. The maximum Gasteiger partial charge on any atom is 0.267 e. The van der Waals surface area contributed by atoms with Crippen molar-refractivity contribution >= 4 is 5.91 Å². The number of aromatic nitrogens is 1. The molecule has 64 valence electrons. The molecule has 0 saturated carbocycles. The summed E-state index contributed by atoms with van der Waals surface area (Å²) in [5, 5.41) is 0. The molecule has 1 aromatic rings. The summed E-state index contributed by atoms with van der Waals surface area (Å²) in [6.45, 7) is 0.492. The molecule has 0 radical (unpaired) electrons. The number of nitrogens with zero attached hydrogens (tertiary/aromatic N) is 1. The summed E-state index contributed by atoms with van der Waals surface area (Å²) in [6.07, 6.45) is 1.57. The van der Waals surface area contributed by atoms with Gasteiger partial charge in [-0.15, -0.1) is 0 Å². The zero-order valence-electron chi connectivity index (χ0n) is 6.78. The number of pyridine rings is 1. The molecular weight excluding hydrogens is 156 g/mol. The van der Waals surface area contributed by atoms with Gasteiger partial charge in [0.2, 0.25) is 0 Å². The van der Waals surface area contributed by atoms with Gasteiger partial charge < -0.3 is 10.5 Å². The Kier molecular flexibility index (Phi) is 2.76. The number of primary amides is 1. The lowest BCUT2D eigenvalue weighted by Gasteiger charge is -1.98. The second-order valence-electron chi connectivity index (χ2n) is 2.35. The molecule has 1 rings (SSSR count). The number of carbonyl (C=O) groups is 1. The van der Waals surface area contributed by atoms with Crippen LogP contribution in [-0.2, 0) is 11.3 Å². The normalized spacial score (nSPS) is 9.75. The molecular formula is C8H10N2O2. The molecule has 0 fully saturated rings. The fourth-order valence-corrected chi connectivity index (χ4v) is 0.822. The molecule has 0 aliphatic heterocycles. The van der Waals surface area contributed by atoms with E-state index in [0.717, 1.165) is 5.56 Å². The summed E-state index contributed by atoms with van der Waals surface area (Å²) < 4.78 is 4.87. The minimum absolute atomic E-state index is 0.273. The van der Waals surface area contributed by atoms with Crippen molar-refractivity contribution in [2.24, 2.45) is 5.73 Å².